The molecular weight excluding hydrogens is 391 g/mol. The predicted molar refractivity (Wildman–Crippen MR) is 90.8 cm³/mol. The SMILES string of the molecule is CC(C)Oc1ccc(NC(N)=N[C@H]2C[C@@H]2C(F)F)cc1.I. The zero-order valence-electron chi connectivity index (χ0n) is 11.9. The standard InChI is InChI=1S/C14H19F2N3O.HI/c1-8(2)20-10-5-3-9(4-6-10)18-14(17)19-12-7-11(12)13(15)16;/h3-6,8,11-13H,7H2,1-2H3,(H3,17,18,19);1H/t11-,12-;/m0./s1. The molecule has 1 aliphatic rings. The molecule has 0 spiro atoms. The van der Waals surface area contributed by atoms with E-state index in [0.29, 0.717) is 6.42 Å². The molecule has 0 bridgehead atoms. The molecule has 0 heterocycles. The van der Waals surface area contributed by atoms with E-state index >= 15 is 0 Å². The Hall–Kier alpha value is -1.12. The van der Waals surface area contributed by atoms with Crippen LogP contribution < -0.4 is 15.8 Å². The van der Waals surface area contributed by atoms with Gasteiger partial charge >= 0.3 is 0 Å². The minimum absolute atomic E-state index is 0. The van der Waals surface area contributed by atoms with Gasteiger partial charge in [0.25, 0.3) is 0 Å². The highest BCUT2D eigenvalue weighted by Gasteiger charge is 2.44. The van der Waals surface area contributed by atoms with Crippen LogP contribution in [0.3, 0.4) is 0 Å². The van der Waals surface area contributed by atoms with E-state index in [0.717, 1.165) is 11.4 Å². The summed E-state index contributed by atoms with van der Waals surface area (Å²) in [4.78, 5) is 4.03. The van der Waals surface area contributed by atoms with Crippen molar-refractivity contribution in [3.05, 3.63) is 24.3 Å². The number of nitrogens with zero attached hydrogens (tertiary/aromatic N) is 1. The normalized spacial score (nSPS) is 21.1. The number of anilines is 1. The van der Waals surface area contributed by atoms with Gasteiger partial charge in [-0.15, -0.1) is 24.0 Å². The van der Waals surface area contributed by atoms with E-state index in [2.05, 4.69) is 10.3 Å². The Bertz CT molecular complexity index is 480. The summed E-state index contributed by atoms with van der Waals surface area (Å²) in [5, 5.41) is 2.88. The van der Waals surface area contributed by atoms with Crippen molar-refractivity contribution >= 4 is 35.6 Å². The van der Waals surface area contributed by atoms with Gasteiger partial charge in [0.2, 0.25) is 6.43 Å². The number of nitrogens with one attached hydrogen (secondary N) is 1. The average Bonchev–Trinajstić information content (AvgIpc) is 3.10. The third-order valence-electron chi connectivity index (χ3n) is 2.93. The van der Waals surface area contributed by atoms with Crippen LogP contribution in [0.1, 0.15) is 20.3 Å². The second-order valence-corrected chi connectivity index (χ2v) is 5.13. The molecule has 0 radical (unpaired) electrons. The number of benzene rings is 1. The maximum Gasteiger partial charge on any atom is 0.243 e. The molecule has 0 saturated heterocycles. The first-order valence-corrected chi connectivity index (χ1v) is 6.61. The summed E-state index contributed by atoms with van der Waals surface area (Å²) in [6, 6.07) is 6.88. The van der Waals surface area contributed by atoms with Crippen molar-refractivity contribution in [3.63, 3.8) is 0 Å². The van der Waals surface area contributed by atoms with E-state index in [4.69, 9.17) is 10.5 Å². The van der Waals surface area contributed by atoms with E-state index in [1.807, 2.05) is 26.0 Å². The summed E-state index contributed by atoms with van der Waals surface area (Å²) < 4.78 is 30.2. The van der Waals surface area contributed by atoms with Gasteiger partial charge in [-0.25, -0.2) is 13.8 Å². The summed E-state index contributed by atoms with van der Waals surface area (Å²) in [5.74, 6) is 0.286. The Morgan fingerprint density at radius 3 is 2.43 bits per heavy atom. The minimum Gasteiger partial charge on any atom is -0.491 e. The second-order valence-electron chi connectivity index (χ2n) is 5.13. The molecule has 1 aromatic carbocycles. The van der Waals surface area contributed by atoms with Crippen LogP contribution in [-0.2, 0) is 0 Å². The molecule has 118 valence electrons. The fraction of sp³-hybridized carbons (Fsp3) is 0.500. The number of alkyl halides is 2. The number of rotatable bonds is 5. The number of guanidine groups is 1. The van der Waals surface area contributed by atoms with E-state index in [9.17, 15) is 8.78 Å². The molecule has 2 atom stereocenters. The quantitative estimate of drug-likeness (QED) is 0.443. The number of hydrogen-bond acceptors (Lipinski definition) is 2. The summed E-state index contributed by atoms with van der Waals surface area (Å²) in [6.07, 6.45) is -1.80. The maximum atomic E-state index is 12.4. The number of nitrogens with two attached hydrogens (primary N) is 1. The number of aliphatic imine (C=N–C) groups is 1. The lowest BCUT2D eigenvalue weighted by molar-refractivity contribution is 0.121. The van der Waals surface area contributed by atoms with Crippen molar-refractivity contribution in [2.75, 3.05) is 5.32 Å². The zero-order valence-corrected chi connectivity index (χ0v) is 14.3. The summed E-state index contributed by atoms with van der Waals surface area (Å²) in [7, 11) is 0. The van der Waals surface area contributed by atoms with Crippen LogP contribution in [-0.4, -0.2) is 24.5 Å². The first-order chi connectivity index (χ1) is 9.45. The van der Waals surface area contributed by atoms with Crippen LogP contribution in [0, 0.1) is 5.92 Å². The number of hydrogen-bond donors (Lipinski definition) is 2. The smallest absolute Gasteiger partial charge is 0.243 e. The van der Waals surface area contributed by atoms with E-state index in [1.165, 1.54) is 0 Å². The highest BCUT2D eigenvalue weighted by molar-refractivity contribution is 14.0. The van der Waals surface area contributed by atoms with Gasteiger partial charge in [0.1, 0.15) is 5.75 Å². The van der Waals surface area contributed by atoms with E-state index in [1.54, 1.807) is 12.1 Å². The molecule has 21 heavy (non-hydrogen) atoms. The molecule has 0 aliphatic heterocycles. The van der Waals surface area contributed by atoms with Crippen LogP contribution in [0.5, 0.6) is 5.75 Å². The van der Waals surface area contributed by atoms with Crippen molar-refractivity contribution in [2.45, 2.75) is 38.8 Å². The summed E-state index contributed by atoms with van der Waals surface area (Å²) in [6.45, 7) is 3.90. The lowest BCUT2D eigenvalue weighted by atomic mass is 10.3. The molecule has 4 nitrogen and oxygen atoms in total. The average molecular weight is 411 g/mol. The lowest BCUT2D eigenvalue weighted by Gasteiger charge is -2.10. The molecule has 1 fully saturated rings. The Labute approximate surface area is 140 Å². The lowest BCUT2D eigenvalue weighted by Crippen LogP contribution is -2.23. The van der Waals surface area contributed by atoms with E-state index < -0.39 is 12.3 Å². The molecule has 0 unspecified atom stereocenters. The maximum absolute atomic E-state index is 12.4. The van der Waals surface area contributed by atoms with Crippen molar-refractivity contribution < 1.29 is 13.5 Å². The fourth-order valence-corrected chi connectivity index (χ4v) is 1.87. The van der Waals surface area contributed by atoms with Gasteiger partial charge in [0, 0.05) is 11.6 Å². The summed E-state index contributed by atoms with van der Waals surface area (Å²) in [5.41, 5.74) is 6.44. The molecule has 2 rings (SSSR count). The zero-order chi connectivity index (χ0) is 14.7. The Morgan fingerprint density at radius 1 is 1.33 bits per heavy atom. The van der Waals surface area contributed by atoms with Gasteiger partial charge in [-0.2, -0.15) is 0 Å². The van der Waals surface area contributed by atoms with Crippen LogP contribution in [0.15, 0.2) is 29.3 Å². The first kappa shape index (κ1) is 17.9. The molecular formula is C14H20F2IN3O. The monoisotopic (exact) mass is 411 g/mol. The Kier molecular flexibility index (Phi) is 6.63. The highest BCUT2D eigenvalue weighted by atomic mass is 127. The molecule has 3 N–H and O–H groups in total. The van der Waals surface area contributed by atoms with Crippen LogP contribution >= 0.6 is 24.0 Å². The van der Waals surface area contributed by atoms with Gasteiger partial charge in [-0.05, 0) is 44.5 Å². The minimum atomic E-state index is -2.32. The Morgan fingerprint density at radius 2 is 1.95 bits per heavy atom. The van der Waals surface area contributed by atoms with Crippen molar-refractivity contribution in [2.24, 2.45) is 16.6 Å². The van der Waals surface area contributed by atoms with Gasteiger partial charge in [0.15, 0.2) is 5.96 Å². The largest absolute Gasteiger partial charge is 0.491 e. The summed E-state index contributed by atoms with van der Waals surface area (Å²) >= 11 is 0. The van der Waals surface area contributed by atoms with Crippen molar-refractivity contribution in [3.8, 4) is 5.75 Å². The van der Waals surface area contributed by atoms with Crippen LogP contribution in [0.4, 0.5) is 14.5 Å². The second kappa shape index (κ2) is 7.77. The number of halogens is 3. The third-order valence-corrected chi connectivity index (χ3v) is 2.93. The van der Waals surface area contributed by atoms with E-state index in [-0.39, 0.29) is 42.1 Å². The molecule has 0 amide bonds. The van der Waals surface area contributed by atoms with Crippen molar-refractivity contribution in [1.29, 1.82) is 0 Å². The molecule has 7 heteroatoms. The third kappa shape index (κ3) is 5.64. The van der Waals surface area contributed by atoms with Crippen LogP contribution in [0.25, 0.3) is 0 Å². The van der Waals surface area contributed by atoms with Gasteiger partial charge in [-0.3, -0.25) is 0 Å². The molecule has 0 aromatic heterocycles. The van der Waals surface area contributed by atoms with Gasteiger partial charge in [0.05, 0.1) is 12.1 Å². The topological polar surface area (TPSA) is 59.6 Å². The fourth-order valence-electron chi connectivity index (χ4n) is 1.87. The van der Waals surface area contributed by atoms with Gasteiger partial charge < -0.3 is 15.8 Å². The van der Waals surface area contributed by atoms with Crippen molar-refractivity contribution in [1.82, 2.24) is 0 Å². The first-order valence-electron chi connectivity index (χ1n) is 6.61. The predicted octanol–water partition coefficient (Wildman–Crippen LogP) is 3.47. The van der Waals surface area contributed by atoms with Crippen LogP contribution in [0.2, 0.25) is 0 Å². The molecule has 1 aliphatic carbocycles. The molecule has 1 aromatic rings. The molecule has 1 saturated carbocycles. The Balaban J connectivity index is 0.00000220. The highest BCUT2D eigenvalue weighted by Crippen LogP contribution is 2.38. The van der Waals surface area contributed by atoms with Gasteiger partial charge in [-0.1, -0.05) is 0 Å². The number of ether oxygens (including phenoxy) is 1.